The molecule has 1 aromatic heterocycles. The molecule has 2 heterocycles. The summed E-state index contributed by atoms with van der Waals surface area (Å²) in [4.78, 5) is 28.4. The minimum atomic E-state index is -0.800. The Kier molecular flexibility index (Phi) is 7.71. The highest BCUT2D eigenvalue weighted by atomic mass is 35.5. The Morgan fingerprint density at radius 2 is 1.69 bits per heavy atom. The Bertz CT molecular complexity index is 1290. The zero-order valence-corrected chi connectivity index (χ0v) is 21.4. The van der Waals surface area contributed by atoms with Gasteiger partial charge >= 0.3 is 0 Å². The predicted molar refractivity (Wildman–Crippen MR) is 136 cm³/mol. The fraction of sp³-hybridized carbons (Fsp3) is 0.231. The molecule has 0 aliphatic carbocycles. The van der Waals surface area contributed by atoms with Crippen LogP contribution in [0, 0.1) is 0 Å². The number of ketones is 1. The molecule has 1 saturated heterocycles. The van der Waals surface area contributed by atoms with Crippen molar-refractivity contribution in [2.24, 2.45) is 0 Å². The van der Waals surface area contributed by atoms with E-state index in [1.54, 1.807) is 31.4 Å². The van der Waals surface area contributed by atoms with Gasteiger partial charge in [0.1, 0.15) is 35.4 Å². The lowest BCUT2D eigenvalue weighted by Gasteiger charge is -2.24. The van der Waals surface area contributed by atoms with Crippen LogP contribution >= 0.6 is 22.9 Å². The highest BCUT2D eigenvalue weighted by molar-refractivity contribution is 7.10. The third kappa shape index (κ3) is 4.84. The van der Waals surface area contributed by atoms with Gasteiger partial charge in [0.05, 0.1) is 50.1 Å². The first-order valence-corrected chi connectivity index (χ1v) is 12.2. The Morgan fingerprint density at radius 1 is 1.00 bits per heavy atom. The molecule has 1 atom stereocenters. The molecule has 1 N–H and O–H groups in total. The number of carbonyl (C=O) groups excluding carboxylic acids is 2. The van der Waals surface area contributed by atoms with Gasteiger partial charge in [-0.15, -0.1) is 11.3 Å². The van der Waals surface area contributed by atoms with Crippen LogP contribution in [0.2, 0.25) is 5.02 Å². The van der Waals surface area contributed by atoms with E-state index in [1.165, 1.54) is 42.6 Å². The van der Waals surface area contributed by atoms with Gasteiger partial charge in [0.2, 0.25) is 0 Å². The smallest absolute Gasteiger partial charge is 0.295 e. The first-order chi connectivity index (χ1) is 17.4. The number of aliphatic hydroxyl groups excluding tert-OH is 1. The fourth-order valence-corrected chi connectivity index (χ4v) is 5.05. The Balaban J connectivity index is 1.70. The molecule has 1 unspecified atom stereocenters. The van der Waals surface area contributed by atoms with Crippen molar-refractivity contribution >= 4 is 40.4 Å². The van der Waals surface area contributed by atoms with Gasteiger partial charge in [-0.25, -0.2) is 0 Å². The topological polar surface area (TPSA) is 94.5 Å². The standard InChI is InChI=1S/C26H24ClNO7S/c1-32-15-6-8-16(9-7-15)35-11-10-28-23(21-5-4-12-36-21)22(25(30)26(28)31)24(29)17-13-20(34-3)18(27)14-19(17)33-2/h4-9,12-14,23,29H,10-11H2,1-3H3/b24-22+. The molecule has 4 rings (SSSR count). The number of likely N-dealkylation sites (tertiary alicyclic amines) is 1. The summed E-state index contributed by atoms with van der Waals surface area (Å²) >= 11 is 7.58. The van der Waals surface area contributed by atoms with Crippen molar-refractivity contribution in [2.45, 2.75) is 6.04 Å². The maximum absolute atomic E-state index is 13.2. The maximum atomic E-state index is 13.2. The van der Waals surface area contributed by atoms with E-state index in [-0.39, 0.29) is 46.6 Å². The van der Waals surface area contributed by atoms with E-state index in [0.717, 1.165) is 4.88 Å². The van der Waals surface area contributed by atoms with E-state index < -0.39 is 17.7 Å². The normalized spacial score (nSPS) is 16.8. The highest BCUT2D eigenvalue weighted by Gasteiger charge is 2.46. The summed E-state index contributed by atoms with van der Waals surface area (Å²) in [7, 11) is 4.43. The molecule has 8 nitrogen and oxygen atoms in total. The number of rotatable bonds is 9. The first-order valence-electron chi connectivity index (χ1n) is 10.9. The third-order valence-electron chi connectivity index (χ3n) is 5.74. The van der Waals surface area contributed by atoms with Gasteiger partial charge in [-0.05, 0) is 41.8 Å². The van der Waals surface area contributed by atoms with Crippen molar-refractivity contribution in [3.8, 4) is 23.0 Å². The molecule has 2 aromatic carbocycles. The number of methoxy groups -OCH3 is 3. The fourth-order valence-electron chi connectivity index (χ4n) is 3.98. The second kappa shape index (κ2) is 10.9. The Labute approximate surface area is 217 Å². The van der Waals surface area contributed by atoms with Gasteiger partial charge in [0.25, 0.3) is 11.7 Å². The van der Waals surface area contributed by atoms with Crippen LogP contribution in [-0.4, -0.2) is 56.2 Å². The predicted octanol–water partition coefficient (Wildman–Crippen LogP) is 4.93. The summed E-state index contributed by atoms with van der Waals surface area (Å²) < 4.78 is 21.6. The lowest BCUT2D eigenvalue weighted by molar-refractivity contribution is -0.140. The Morgan fingerprint density at radius 3 is 2.31 bits per heavy atom. The average Bonchev–Trinajstić information content (AvgIpc) is 3.51. The molecular weight excluding hydrogens is 506 g/mol. The minimum absolute atomic E-state index is 0.0467. The van der Waals surface area contributed by atoms with Crippen LogP contribution in [0.15, 0.2) is 59.5 Å². The number of amides is 1. The third-order valence-corrected chi connectivity index (χ3v) is 6.96. The maximum Gasteiger partial charge on any atom is 0.295 e. The largest absolute Gasteiger partial charge is 0.507 e. The van der Waals surface area contributed by atoms with Crippen LogP contribution in [0.4, 0.5) is 0 Å². The monoisotopic (exact) mass is 529 g/mol. The van der Waals surface area contributed by atoms with Gasteiger partial charge in [-0.2, -0.15) is 0 Å². The summed E-state index contributed by atoms with van der Waals surface area (Å²) in [6, 6.07) is 12.8. The van der Waals surface area contributed by atoms with Crippen LogP contribution in [0.1, 0.15) is 16.5 Å². The second-order valence-corrected chi connectivity index (χ2v) is 9.11. The van der Waals surface area contributed by atoms with Crippen molar-refractivity contribution < 1.29 is 33.6 Å². The number of Topliss-reactive ketones (excluding diaryl/α,β-unsaturated/α-hetero) is 1. The van der Waals surface area contributed by atoms with Crippen molar-refractivity contribution in [2.75, 3.05) is 34.5 Å². The quantitative estimate of drug-likeness (QED) is 0.238. The molecule has 0 spiro atoms. The molecule has 0 bridgehead atoms. The van der Waals surface area contributed by atoms with Crippen LogP contribution in [-0.2, 0) is 9.59 Å². The van der Waals surface area contributed by atoms with E-state index in [2.05, 4.69) is 0 Å². The van der Waals surface area contributed by atoms with E-state index in [1.807, 2.05) is 17.5 Å². The summed E-state index contributed by atoms with van der Waals surface area (Å²) in [6.07, 6.45) is 0. The summed E-state index contributed by atoms with van der Waals surface area (Å²) in [5.74, 6) is -0.0966. The minimum Gasteiger partial charge on any atom is -0.507 e. The zero-order valence-electron chi connectivity index (χ0n) is 19.8. The molecule has 0 radical (unpaired) electrons. The van der Waals surface area contributed by atoms with Gasteiger partial charge < -0.3 is 29.0 Å². The average molecular weight is 530 g/mol. The summed E-state index contributed by atoms with van der Waals surface area (Å²) in [6.45, 7) is 0.260. The van der Waals surface area contributed by atoms with Crippen molar-refractivity contribution in [1.82, 2.24) is 4.90 Å². The first kappa shape index (κ1) is 25.4. The number of carbonyl (C=O) groups is 2. The second-order valence-electron chi connectivity index (χ2n) is 7.72. The zero-order chi connectivity index (χ0) is 25.8. The Hall–Kier alpha value is -3.69. The molecule has 1 aliphatic rings. The highest BCUT2D eigenvalue weighted by Crippen LogP contribution is 2.44. The molecule has 1 aliphatic heterocycles. The SMILES string of the molecule is COc1ccc(OCCN2C(=O)C(=O)/C(=C(/O)c3cc(OC)c(Cl)cc3OC)C2c2cccs2)cc1. The van der Waals surface area contributed by atoms with Crippen molar-refractivity contribution in [1.29, 1.82) is 0 Å². The number of nitrogens with zero attached hydrogens (tertiary/aromatic N) is 1. The van der Waals surface area contributed by atoms with E-state index >= 15 is 0 Å². The number of hydrogen-bond donors (Lipinski definition) is 1. The van der Waals surface area contributed by atoms with Gasteiger partial charge in [0.15, 0.2) is 0 Å². The van der Waals surface area contributed by atoms with Crippen LogP contribution in [0.3, 0.4) is 0 Å². The van der Waals surface area contributed by atoms with Crippen LogP contribution in [0.25, 0.3) is 5.76 Å². The molecule has 10 heteroatoms. The van der Waals surface area contributed by atoms with E-state index in [0.29, 0.717) is 11.5 Å². The molecule has 1 amide bonds. The van der Waals surface area contributed by atoms with E-state index in [9.17, 15) is 14.7 Å². The van der Waals surface area contributed by atoms with Crippen molar-refractivity contribution in [3.63, 3.8) is 0 Å². The number of benzene rings is 2. The van der Waals surface area contributed by atoms with E-state index in [4.69, 9.17) is 30.5 Å². The number of hydrogen-bond acceptors (Lipinski definition) is 8. The van der Waals surface area contributed by atoms with Crippen LogP contribution < -0.4 is 18.9 Å². The molecule has 1 fully saturated rings. The molecule has 0 saturated carbocycles. The van der Waals surface area contributed by atoms with Crippen molar-refractivity contribution in [3.05, 3.63) is 74.9 Å². The van der Waals surface area contributed by atoms with Gasteiger partial charge in [0, 0.05) is 10.9 Å². The number of thiophene rings is 1. The number of halogens is 1. The molecule has 3 aromatic rings. The van der Waals surface area contributed by atoms with Crippen LogP contribution in [0.5, 0.6) is 23.0 Å². The summed E-state index contributed by atoms with van der Waals surface area (Å²) in [5, 5.41) is 13.5. The number of ether oxygens (including phenoxy) is 4. The molecular formula is C26H24ClNO7S. The molecule has 36 heavy (non-hydrogen) atoms. The summed E-state index contributed by atoms with van der Waals surface area (Å²) in [5.41, 5.74) is 0.141. The van der Waals surface area contributed by atoms with Gasteiger partial charge in [-0.3, -0.25) is 9.59 Å². The van der Waals surface area contributed by atoms with Gasteiger partial charge in [-0.1, -0.05) is 17.7 Å². The number of aliphatic hydroxyl groups is 1. The lowest BCUT2D eigenvalue weighted by atomic mass is 9.99. The lowest BCUT2D eigenvalue weighted by Crippen LogP contribution is -2.33. The molecule has 188 valence electrons.